The molecule has 0 aliphatic rings. The predicted octanol–water partition coefficient (Wildman–Crippen LogP) is 3.65. The van der Waals surface area contributed by atoms with Crippen molar-refractivity contribution in [3.05, 3.63) is 43.3 Å². The van der Waals surface area contributed by atoms with Gasteiger partial charge in [-0.1, -0.05) is 15.9 Å². The number of hydrogen-bond acceptors (Lipinski definition) is 3. The summed E-state index contributed by atoms with van der Waals surface area (Å²) in [6.07, 6.45) is 1.16. The van der Waals surface area contributed by atoms with E-state index in [1.54, 1.807) is 12.1 Å². The van der Waals surface area contributed by atoms with Gasteiger partial charge >= 0.3 is 5.97 Å². The summed E-state index contributed by atoms with van der Waals surface area (Å²) < 4.78 is 2.10. The van der Waals surface area contributed by atoms with Crippen molar-refractivity contribution in [3.8, 4) is 0 Å². The third-order valence-electron chi connectivity index (χ3n) is 2.31. The first-order valence-corrected chi connectivity index (χ1v) is 7.50. The first-order chi connectivity index (χ1) is 9.40. The van der Waals surface area contributed by atoms with E-state index in [9.17, 15) is 9.59 Å². The minimum Gasteiger partial charge on any atom is -0.477 e. The Morgan fingerprint density at radius 3 is 2.35 bits per heavy atom. The van der Waals surface area contributed by atoms with Gasteiger partial charge in [0.25, 0.3) is 5.91 Å². The van der Waals surface area contributed by atoms with E-state index in [0.29, 0.717) is 14.6 Å². The lowest BCUT2D eigenvalue weighted by atomic mass is 10.2. The van der Waals surface area contributed by atoms with Crippen molar-refractivity contribution in [2.45, 2.75) is 0 Å². The molecule has 0 saturated heterocycles. The molecule has 0 atom stereocenters. The number of carbonyl (C=O) groups excluding carboxylic acids is 1. The highest BCUT2D eigenvalue weighted by atomic mass is 79.9. The lowest BCUT2D eigenvalue weighted by Gasteiger charge is -2.09. The van der Waals surface area contributed by atoms with Gasteiger partial charge in [0.2, 0.25) is 0 Å². The zero-order valence-corrected chi connectivity index (χ0v) is 14.3. The number of carbonyl (C=O) groups is 2. The normalized spacial score (nSPS) is 10.3. The molecular weight excluding hydrogens is 462 g/mol. The molecule has 0 spiro atoms. The lowest BCUT2D eigenvalue weighted by Crippen LogP contribution is -2.17. The second-order valence-corrected chi connectivity index (χ2v) is 6.25. The molecule has 1 heterocycles. The fourth-order valence-corrected chi connectivity index (χ4v) is 3.92. The number of nitrogens with zero attached hydrogens (tertiary/aromatic N) is 1. The standard InChI is InChI=1S/C11H6Br3N3O3/c12-4-1-5(13)7(6(14)2-4)17-10(18)8-9(11(19)20)16-3-15-8/h1-3H,(H,15,16)(H,17,18)(H,19,20). The lowest BCUT2D eigenvalue weighted by molar-refractivity contribution is 0.0686. The fourth-order valence-electron chi connectivity index (χ4n) is 1.46. The first-order valence-electron chi connectivity index (χ1n) is 5.12. The van der Waals surface area contributed by atoms with Crippen LogP contribution in [-0.4, -0.2) is 27.0 Å². The van der Waals surface area contributed by atoms with Gasteiger partial charge in [-0.25, -0.2) is 9.78 Å². The summed E-state index contributed by atoms with van der Waals surface area (Å²) in [5.41, 5.74) is 0.0450. The first kappa shape index (κ1) is 15.2. The number of benzene rings is 1. The summed E-state index contributed by atoms with van der Waals surface area (Å²) in [4.78, 5) is 29.2. The highest BCUT2D eigenvalue weighted by Crippen LogP contribution is 2.34. The van der Waals surface area contributed by atoms with Gasteiger partial charge in [-0.05, 0) is 44.0 Å². The monoisotopic (exact) mass is 465 g/mol. The number of carboxylic acids is 1. The van der Waals surface area contributed by atoms with E-state index in [0.717, 1.165) is 10.8 Å². The van der Waals surface area contributed by atoms with Crippen molar-refractivity contribution in [3.63, 3.8) is 0 Å². The molecule has 20 heavy (non-hydrogen) atoms. The van der Waals surface area contributed by atoms with Crippen molar-refractivity contribution >= 4 is 65.4 Å². The van der Waals surface area contributed by atoms with Crippen LogP contribution in [-0.2, 0) is 0 Å². The number of carboxylic acid groups (broad SMARTS) is 1. The smallest absolute Gasteiger partial charge is 0.354 e. The molecular formula is C11H6Br3N3O3. The third kappa shape index (κ3) is 3.10. The van der Waals surface area contributed by atoms with E-state index in [4.69, 9.17) is 5.11 Å². The van der Waals surface area contributed by atoms with E-state index in [1.165, 1.54) is 0 Å². The third-order valence-corrected chi connectivity index (χ3v) is 4.02. The van der Waals surface area contributed by atoms with E-state index in [2.05, 4.69) is 63.1 Å². The average Bonchev–Trinajstić information content (AvgIpc) is 2.82. The molecule has 0 unspecified atom stereocenters. The number of hydrogen-bond donors (Lipinski definition) is 3. The summed E-state index contributed by atoms with van der Waals surface area (Å²) >= 11 is 9.95. The SMILES string of the molecule is O=C(Nc1c(Br)cc(Br)cc1Br)c1nc[nH]c1C(=O)O. The minimum absolute atomic E-state index is 0.181. The molecule has 3 N–H and O–H groups in total. The van der Waals surface area contributed by atoms with E-state index < -0.39 is 11.9 Å². The Kier molecular flexibility index (Phi) is 4.61. The zero-order valence-electron chi connectivity index (χ0n) is 9.58. The zero-order chi connectivity index (χ0) is 14.9. The molecule has 1 aromatic carbocycles. The van der Waals surface area contributed by atoms with Gasteiger partial charge < -0.3 is 15.4 Å². The Morgan fingerprint density at radius 2 is 1.80 bits per heavy atom. The van der Waals surface area contributed by atoms with Crippen LogP contribution in [0.5, 0.6) is 0 Å². The van der Waals surface area contributed by atoms with Crippen molar-refractivity contribution in [2.24, 2.45) is 0 Å². The molecule has 104 valence electrons. The molecule has 1 amide bonds. The second-order valence-electron chi connectivity index (χ2n) is 3.63. The summed E-state index contributed by atoms with van der Waals surface area (Å²) in [7, 11) is 0. The van der Waals surface area contributed by atoms with Crippen LogP contribution in [0.1, 0.15) is 21.0 Å². The fraction of sp³-hybridized carbons (Fsp3) is 0. The number of halogens is 3. The molecule has 2 aromatic rings. The highest BCUT2D eigenvalue weighted by molar-refractivity contribution is 9.11. The largest absolute Gasteiger partial charge is 0.477 e. The van der Waals surface area contributed by atoms with Gasteiger partial charge in [0.15, 0.2) is 11.4 Å². The number of rotatable bonds is 3. The predicted molar refractivity (Wildman–Crippen MR) is 83.0 cm³/mol. The second kappa shape index (κ2) is 6.06. The molecule has 0 bridgehead atoms. The number of amides is 1. The Balaban J connectivity index is 2.33. The van der Waals surface area contributed by atoms with Gasteiger partial charge in [0.05, 0.1) is 12.0 Å². The maximum Gasteiger partial charge on any atom is 0.354 e. The van der Waals surface area contributed by atoms with Gasteiger partial charge in [-0.15, -0.1) is 0 Å². The molecule has 0 fully saturated rings. The van der Waals surface area contributed by atoms with E-state index >= 15 is 0 Å². The molecule has 1 aromatic heterocycles. The summed E-state index contributed by atoms with van der Waals surface area (Å²) in [5.74, 6) is -1.87. The molecule has 0 aliphatic heterocycles. The molecule has 9 heteroatoms. The van der Waals surface area contributed by atoms with Crippen molar-refractivity contribution < 1.29 is 14.7 Å². The van der Waals surface area contributed by atoms with Crippen LogP contribution in [0.2, 0.25) is 0 Å². The number of H-pyrrole nitrogens is 1. The molecule has 0 saturated carbocycles. The van der Waals surface area contributed by atoms with Crippen LogP contribution in [0.15, 0.2) is 31.9 Å². The number of aromatic carboxylic acids is 1. The maximum atomic E-state index is 12.1. The van der Waals surface area contributed by atoms with Crippen molar-refractivity contribution in [1.82, 2.24) is 9.97 Å². The van der Waals surface area contributed by atoms with Crippen molar-refractivity contribution in [1.29, 1.82) is 0 Å². The van der Waals surface area contributed by atoms with Gasteiger partial charge in [-0.3, -0.25) is 4.79 Å². The van der Waals surface area contributed by atoms with Crippen LogP contribution in [0.25, 0.3) is 0 Å². The minimum atomic E-state index is -1.25. The highest BCUT2D eigenvalue weighted by Gasteiger charge is 2.21. The van der Waals surface area contributed by atoms with Gasteiger partial charge in [-0.2, -0.15) is 0 Å². The van der Waals surface area contributed by atoms with Crippen LogP contribution in [0.4, 0.5) is 5.69 Å². The molecule has 2 rings (SSSR count). The summed E-state index contributed by atoms with van der Waals surface area (Å²) in [5, 5.41) is 11.5. The molecule has 0 radical (unpaired) electrons. The Labute approximate surface area is 138 Å². The average molecular weight is 468 g/mol. The number of nitrogens with one attached hydrogen (secondary N) is 2. The van der Waals surface area contributed by atoms with Crippen LogP contribution in [0.3, 0.4) is 0 Å². The molecule has 0 aliphatic carbocycles. The summed E-state index contributed by atoms with van der Waals surface area (Å²) in [6, 6.07) is 3.51. The van der Waals surface area contributed by atoms with Gasteiger partial charge in [0, 0.05) is 13.4 Å². The summed E-state index contributed by atoms with van der Waals surface area (Å²) in [6.45, 7) is 0. The van der Waals surface area contributed by atoms with Crippen LogP contribution < -0.4 is 5.32 Å². The quantitative estimate of drug-likeness (QED) is 0.642. The Bertz CT molecular complexity index is 676. The van der Waals surface area contributed by atoms with Crippen LogP contribution >= 0.6 is 47.8 Å². The Hall–Kier alpha value is -1.19. The van der Waals surface area contributed by atoms with Crippen LogP contribution in [0, 0.1) is 0 Å². The van der Waals surface area contributed by atoms with Crippen molar-refractivity contribution in [2.75, 3.05) is 5.32 Å². The van der Waals surface area contributed by atoms with E-state index in [1.807, 2.05) is 0 Å². The molecule has 6 nitrogen and oxygen atoms in total. The number of aromatic nitrogens is 2. The number of anilines is 1. The van der Waals surface area contributed by atoms with Gasteiger partial charge in [0.1, 0.15) is 0 Å². The maximum absolute atomic E-state index is 12.1. The topological polar surface area (TPSA) is 95.1 Å². The van der Waals surface area contributed by atoms with E-state index in [-0.39, 0.29) is 11.4 Å². The number of aromatic amines is 1. The number of imidazole rings is 1. The Morgan fingerprint density at radius 1 is 1.20 bits per heavy atom.